The molecule has 0 saturated carbocycles. The molecular weight excluding hydrogens is 664 g/mol. The van der Waals surface area contributed by atoms with Gasteiger partial charge in [0.05, 0.1) is 23.5 Å². The Morgan fingerprint density at radius 3 is 2.64 bits per heavy atom. The van der Waals surface area contributed by atoms with Crippen LogP contribution >= 0.6 is 35.1 Å². The number of nitrogens with zero attached hydrogens (tertiary/aromatic N) is 5. The third-order valence-corrected chi connectivity index (χ3v) is 10.8. The van der Waals surface area contributed by atoms with Gasteiger partial charge < -0.3 is 14.4 Å². The van der Waals surface area contributed by atoms with Crippen LogP contribution in [0.3, 0.4) is 0 Å². The highest BCUT2D eigenvalue weighted by Gasteiger charge is 2.29. The third kappa shape index (κ3) is 5.76. The number of rotatable bonds is 1. The van der Waals surface area contributed by atoms with Crippen molar-refractivity contribution in [3.63, 3.8) is 0 Å². The smallest absolute Gasteiger partial charge is 0.355 e. The second-order valence-electron chi connectivity index (χ2n) is 11.5. The number of aromatic carboxylic acids is 1. The average molecular weight is 694 g/mol. The number of fused-ring (bicyclic) bond motifs is 8. The van der Waals surface area contributed by atoms with E-state index in [1.54, 1.807) is 46.4 Å². The van der Waals surface area contributed by atoms with Crippen LogP contribution in [0.2, 0.25) is 5.02 Å². The Labute approximate surface area is 282 Å². The predicted molar refractivity (Wildman–Crippen MR) is 183 cm³/mol. The van der Waals surface area contributed by atoms with E-state index in [2.05, 4.69) is 6.07 Å². The molecule has 0 unspecified atom stereocenters. The molecule has 0 fully saturated rings. The summed E-state index contributed by atoms with van der Waals surface area (Å²) >= 11 is 10.0. The normalized spacial score (nSPS) is 14.3. The number of hydrogen-bond acceptors (Lipinski definition) is 6. The fourth-order valence-electron chi connectivity index (χ4n) is 6.23. The molecule has 0 atom stereocenters. The summed E-state index contributed by atoms with van der Waals surface area (Å²) < 4.78 is 41.9. The molecule has 13 heteroatoms. The number of carbonyl (C=O) groups is 1. The van der Waals surface area contributed by atoms with Crippen molar-refractivity contribution in [3.8, 4) is 16.9 Å². The molecule has 4 heterocycles. The van der Waals surface area contributed by atoms with Crippen LogP contribution in [0.1, 0.15) is 39.7 Å². The van der Waals surface area contributed by atoms with E-state index >= 15 is 4.39 Å². The van der Waals surface area contributed by atoms with Gasteiger partial charge in [0.1, 0.15) is 11.6 Å². The third-order valence-electron chi connectivity index (χ3n) is 8.52. The molecule has 0 amide bonds. The number of halogens is 3. The van der Waals surface area contributed by atoms with Crippen LogP contribution < -0.4 is 4.74 Å². The molecule has 47 heavy (non-hydrogen) atoms. The summed E-state index contributed by atoms with van der Waals surface area (Å²) in [5, 5.41) is 21.6. The van der Waals surface area contributed by atoms with Gasteiger partial charge in [-0.15, -0.1) is 23.5 Å². The average Bonchev–Trinajstić information content (AvgIpc) is 3.63. The standard InChI is InChI=1S/C34H30ClF2N5O3S2/c1-18-29-26(39-40(18)2)17-46-15-21-13-22(41(3)38-21)16-47-23-12-19-11-20(36)5-6-24(19)28(14-23)45-10-4-9-42-27-8-7-25(35)30(29)31(27)32(37)33(42)34(43)44/h5-8,11-14H,4,9-10,15-17H2,1-3H3,(H,43,44). The van der Waals surface area contributed by atoms with Gasteiger partial charge in [0.25, 0.3) is 0 Å². The summed E-state index contributed by atoms with van der Waals surface area (Å²) in [7, 11) is 3.74. The highest BCUT2D eigenvalue weighted by molar-refractivity contribution is 7.98. The van der Waals surface area contributed by atoms with Crippen molar-refractivity contribution < 1.29 is 23.4 Å². The monoisotopic (exact) mass is 693 g/mol. The number of carboxylic acids is 1. The maximum Gasteiger partial charge on any atom is 0.355 e. The largest absolute Gasteiger partial charge is 0.493 e. The summed E-state index contributed by atoms with van der Waals surface area (Å²) in [6.45, 7) is 2.30. The molecule has 0 saturated heterocycles. The molecule has 1 N–H and O–H groups in total. The van der Waals surface area contributed by atoms with E-state index in [1.165, 1.54) is 16.7 Å². The minimum atomic E-state index is -1.37. The Hall–Kier alpha value is -4.00. The van der Waals surface area contributed by atoms with Gasteiger partial charge in [0, 0.05) is 81.1 Å². The molecule has 8 bridgehead atoms. The second-order valence-corrected chi connectivity index (χ2v) is 13.9. The van der Waals surface area contributed by atoms with Crippen LogP contribution in [0.25, 0.3) is 32.8 Å². The van der Waals surface area contributed by atoms with Crippen molar-refractivity contribution in [2.45, 2.75) is 42.0 Å². The lowest BCUT2D eigenvalue weighted by Crippen LogP contribution is -2.12. The maximum absolute atomic E-state index is 16.3. The van der Waals surface area contributed by atoms with E-state index in [0.717, 1.165) is 33.1 Å². The molecule has 7 rings (SSSR count). The molecular formula is C34H30ClF2N5O3S2. The van der Waals surface area contributed by atoms with E-state index in [1.807, 2.05) is 37.8 Å². The van der Waals surface area contributed by atoms with Crippen molar-refractivity contribution in [2.24, 2.45) is 14.1 Å². The van der Waals surface area contributed by atoms with Gasteiger partial charge in [0.15, 0.2) is 11.5 Å². The first kappa shape index (κ1) is 31.6. The van der Waals surface area contributed by atoms with Gasteiger partial charge in [-0.05, 0) is 67.3 Å². The van der Waals surface area contributed by atoms with Crippen LogP contribution in [0, 0.1) is 18.6 Å². The number of hydrogen-bond donors (Lipinski definition) is 1. The van der Waals surface area contributed by atoms with Crippen molar-refractivity contribution in [3.05, 3.63) is 93.7 Å². The molecule has 0 spiro atoms. The van der Waals surface area contributed by atoms with Gasteiger partial charge in [0.2, 0.25) is 0 Å². The summed E-state index contributed by atoms with van der Waals surface area (Å²) in [4.78, 5) is 13.4. The molecule has 6 aromatic rings. The van der Waals surface area contributed by atoms with Crippen LogP contribution in [-0.4, -0.2) is 41.8 Å². The number of aromatic nitrogens is 5. The lowest BCUT2D eigenvalue weighted by Gasteiger charge is -2.14. The number of thioether (sulfide) groups is 2. The summed E-state index contributed by atoms with van der Waals surface area (Å²) in [6.07, 6.45) is 0.382. The van der Waals surface area contributed by atoms with Crippen molar-refractivity contribution >= 4 is 62.8 Å². The Bertz CT molecular complexity index is 2210. The van der Waals surface area contributed by atoms with Gasteiger partial charge in [-0.1, -0.05) is 11.6 Å². The first-order chi connectivity index (χ1) is 22.6. The van der Waals surface area contributed by atoms with Crippen LogP contribution in [0.15, 0.2) is 53.4 Å². The lowest BCUT2D eigenvalue weighted by molar-refractivity contribution is 0.0679. The van der Waals surface area contributed by atoms with E-state index < -0.39 is 17.5 Å². The van der Waals surface area contributed by atoms with Gasteiger partial charge >= 0.3 is 5.97 Å². The first-order valence-electron chi connectivity index (χ1n) is 15.0. The van der Waals surface area contributed by atoms with E-state index in [9.17, 15) is 14.3 Å². The number of ether oxygens (including phenoxy) is 1. The topological polar surface area (TPSA) is 87.1 Å². The summed E-state index contributed by atoms with van der Waals surface area (Å²) in [6, 6.07) is 13.9. The number of aryl methyl sites for hydroxylation is 3. The summed E-state index contributed by atoms with van der Waals surface area (Å²) in [5.74, 6) is -0.185. The Kier molecular flexibility index (Phi) is 8.44. The molecule has 3 aromatic carbocycles. The SMILES string of the molecule is Cc1c2c(nn1C)CSCc1cc(n(C)n1)CSc1cc(c3ccc(F)cc3c1)OCCCn1c(C(=O)O)c(F)c3c-2c(Cl)ccc31. The molecule has 8 nitrogen and oxygen atoms in total. The molecule has 1 aliphatic heterocycles. The Morgan fingerprint density at radius 1 is 1.00 bits per heavy atom. The van der Waals surface area contributed by atoms with Crippen LogP contribution in [0.5, 0.6) is 5.75 Å². The first-order valence-corrected chi connectivity index (χ1v) is 17.5. The molecule has 3 aromatic heterocycles. The minimum absolute atomic E-state index is 0.149. The zero-order valence-electron chi connectivity index (χ0n) is 25.8. The molecule has 242 valence electrons. The maximum atomic E-state index is 16.3. The molecule has 0 radical (unpaired) electrons. The Morgan fingerprint density at radius 2 is 1.83 bits per heavy atom. The van der Waals surface area contributed by atoms with Gasteiger partial charge in [-0.3, -0.25) is 9.36 Å². The zero-order valence-corrected chi connectivity index (χ0v) is 28.2. The lowest BCUT2D eigenvalue weighted by atomic mass is 9.99. The van der Waals surface area contributed by atoms with E-state index in [0.29, 0.717) is 56.5 Å². The quantitative estimate of drug-likeness (QED) is 0.185. The van der Waals surface area contributed by atoms with Crippen LogP contribution in [0.4, 0.5) is 8.78 Å². The van der Waals surface area contributed by atoms with Crippen LogP contribution in [-0.2, 0) is 37.9 Å². The molecule has 1 aliphatic rings. The Balaban J connectivity index is 1.36. The zero-order chi connectivity index (χ0) is 33.0. The highest BCUT2D eigenvalue weighted by atomic mass is 35.5. The van der Waals surface area contributed by atoms with Crippen molar-refractivity contribution in [2.75, 3.05) is 6.61 Å². The number of benzene rings is 3. The van der Waals surface area contributed by atoms with E-state index in [-0.39, 0.29) is 24.4 Å². The highest BCUT2D eigenvalue weighted by Crippen LogP contribution is 2.43. The van der Waals surface area contributed by atoms with Crippen molar-refractivity contribution in [1.29, 1.82) is 0 Å². The fourth-order valence-corrected chi connectivity index (χ4v) is 8.32. The molecule has 0 aliphatic carbocycles. The van der Waals surface area contributed by atoms with Gasteiger partial charge in [-0.2, -0.15) is 10.2 Å². The van der Waals surface area contributed by atoms with E-state index in [4.69, 9.17) is 26.5 Å². The second kappa shape index (κ2) is 12.6. The summed E-state index contributed by atoms with van der Waals surface area (Å²) in [5.41, 5.74) is 4.57. The van der Waals surface area contributed by atoms with Gasteiger partial charge in [-0.25, -0.2) is 13.6 Å². The van der Waals surface area contributed by atoms with Crippen molar-refractivity contribution in [1.82, 2.24) is 24.1 Å². The number of carboxylic acid groups (broad SMARTS) is 1. The predicted octanol–water partition coefficient (Wildman–Crippen LogP) is 8.37. The minimum Gasteiger partial charge on any atom is -0.493 e. The fraction of sp³-hybridized carbons (Fsp3) is 0.265.